The fraction of sp³-hybridized carbons (Fsp3) is 0.400. The van der Waals surface area contributed by atoms with Crippen LogP contribution in [0.15, 0.2) is 22.8 Å². The molecule has 0 radical (unpaired) electrons. The van der Waals surface area contributed by atoms with Crippen LogP contribution in [0.3, 0.4) is 0 Å². The Hall–Kier alpha value is -1.27. The van der Waals surface area contributed by atoms with E-state index in [4.69, 9.17) is 0 Å². The second-order valence-electron chi connectivity index (χ2n) is 4.95. The summed E-state index contributed by atoms with van der Waals surface area (Å²) in [5.74, 6) is -1.14. The molecule has 0 bridgehead atoms. The molecule has 1 unspecified atom stereocenters. The highest BCUT2D eigenvalue weighted by molar-refractivity contribution is 9.10. The predicted molar refractivity (Wildman–Crippen MR) is 82.1 cm³/mol. The molecule has 0 spiro atoms. The SMILES string of the molecule is CCCNC(c1cnn(C)c1C)c1c(F)ccc(Br)c1F. The maximum Gasteiger partial charge on any atom is 0.145 e. The van der Waals surface area contributed by atoms with Crippen molar-refractivity contribution in [1.29, 1.82) is 0 Å². The topological polar surface area (TPSA) is 29.9 Å². The molecule has 2 aromatic rings. The lowest BCUT2D eigenvalue weighted by atomic mass is 9.98. The molecule has 1 aromatic carbocycles. The lowest BCUT2D eigenvalue weighted by Crippen LogP contribution is -2.25. The van der Waals surface area contributed by atoms with Gasteiger partial charge in [0.2, 0.25) is 0 Å². The van der Waals surface area contributed by atoms with Crippen LogP contribution in [-0.4, -0.2) is 16.3 Å². The van der Waals surface area contributed by atoms with Crippen LogP contribution in [0, 0.1) is 18.6 Å². The summed E-state index contributed by atoms with van der Waals surface area (Å²) in [5, 5.41) is 7.38. The van der Waals surface area contributed by atoms with Crippen LogP contribution in [0.4, 0.5) is 8.78 Å². The molecular formula is C15H18BrF2N3. The molecule has 1 heterocycles. The van der Waals surface area contributed by atoms with Gasteiger partial charge in [-0.1, -0.05) is 6.92 Å². The van der Waals surface area contributed by atoms with Gasteiger partial charge in [-0.2, -0.15) is 5.10 Å². The predicted octanol–water partition coefficient (Wildman–Crippen LogP) is 3.86. The van der Waals surface area contributed by atoms with Gasteiger partial charge in [-0.3, -0.25) is 4.68 Å². The van der Waals surface area contributed by atoms with Gasteiger partial charge in [-0.25, -0.2) is 8.78 Å². The van der Waals surface area contributed by atoms with Crippen molar-refractivity contribution in [3.63, 3.8) is 0 Å². The average Bonchev–Trinajstić information content (AvgIpc) is 2.78. The summed E-state index contributed by atoms with van der Waals surface area (Å²) in [6, 6.07) is 2.09. The van der Waals surface area contributed by atoms with Crippen LogP contribution in [0.1, 0.15) is 36.2 Å². The van der Waals surface area contributed by atoms with Crippen molar-refractivity contribution in [3.8, 4) is 0 Å². The van der Waals surface area contributed by atoms with Gasteiger partial charge < -0.3 is 5.32 Å². The van der Waals surface area contributed by atoms with E-state index in [9.17, 15) is 8.78 Å². The Bertz CT molecular complexity index is 640. The van der Waals surface area contributed by atoms with E-state index in [0.29, 0.717) is 6.54 Å². The minimum Gasteiger partial charge on any atom is -0.306 e. The summed E-state index contributed by atoms with van der Waals surface area (Å²) in [5.41, 5.74) is 1.68. The van der Waals surface area contributed by atoms with Crippen LogP contribution in [0.2, 0.25) is 0 Å². The third-order valence-electron chi connectivity index (χ3n) is 3.55. The third kappa shape index (κ3) is 3.16. The summed E-state index contributed by atoms with van der Waals surface area (Å²) in [6.45, 7) is 4.55. The Balaban J connectivity index is 2.56. The van der Waals surface area contributed by atoms with Gasteiger partial charge in [0.05, 0.1) is 16.7 Å². The van der Waals surface area contributed by atoms with E-state index in [1.807, 2.05) is 20.9 Å². The molecule has 0 aliphatic heterocycles. The Labute approximate surface area is 131 Å². The molecule has 3 nitrogen and oxygen atoms in total. The average molecular weight is 358 g/mol. The second-order valence-corrected chi connectivity index (χ2v) is 5.81. The van der Waals surface area contributed by atoms with Crippen LogP contribution in [0.25, 0.3) is 0 Å². The standard InChI is InChI=1S/C15H18BrF2N3/c1-4-7-19-15(10-8-20-21(3)9(10)2)13-12(17)6-5-11(16)14(13)18/h5-6,8,15,19H,4,7H2,1-3H3. The quantitative estimate of drug-likeness (QED) is 0.823. The summed E-state index contributed by atoms with van der Waals surface area (Å²) in [7, 11) is 1.81. The molecule has 0 amide bonds. The van der Waals surface area contributed by atoms with Gasteiger partial charge in [0.25, 0.3) is 0 Å². The number of aryl methyl sites for hydroxylation is 1. The first-order valence-electron chi connectivity index (χ1n) is 6.82. The Kier molecular flexibility index (Phi) is 5.11. The summed E-state index contributed by atoms with van der Waals surface area (Å²) >= 11 is 3.12. The first kappa shape index (κ1) is 16.1. The fourth-order valence-corrected chi connectivity index (χ4v) is 2.61. The molecule has 0 fully saturated rings. The highest BCUT2D eigenvalue weighted by Gasteiger charge is 2.25. The maximum atomic E-state index is 14.4. The smallest absolute Gasteiger partial charge is 0.145 e. The first-order chi connectivity index (χ1) is 9.97. The summed E-state index contributed by atoms with van der Waals surface area (Å²) in [4.78, 5) is 0. The zero-order valence-electron chi connectivity index (χ0n) is 12.3. The maximum absolute atomic E-state index is 14.4. The van der Waals surface area contributed by atoms with Crippen LogP contribution < -0.4 is 5.32 Å². The normalized spacial score (nSPS) is 12.7. The van der Waals surface area contributed by atoms with Crippen LogP contribution >= 0.6 is 15.9 Å². The summed E-state index contributed by atoms with van der Waals surface area (Å²) < 4.78 is 30.6. The monoisotopic (exact) mass is 357 g/mol. The molecule has 1 atom stereocenters. The highest BCUT2D eigenvalue weighted by atomic mass is 79.9. The fourth-order valence-electron chi connectivity index (χ4n) is 2.26. The lowest BCUT2D eigenvalue weighted by molar-refractivity contribution is 0.499. The van der Waals surface area contributed by atoms with Gasteiger partial charge in [0.15, 0.2) is 0 Å². The van der Waals surface area contributed by atoms with Gasteiger partial charge in [0, 0.05) is 23.9 Å². The van der Waals surface area contributed by atoms with Crippen molar-refractivity contribution in [2.75, 3.05) is 6.54 Å². The molecule has 114 valence electrons. The number of aromatic nitrogens is 2. The number of hydrogen-bond donors (Lipinski definition) is 1. The molecule has 1 aromatic heterocycles. The molecule has 2 rings (SSSR count). The Morgan fingerprint density at radius 3 is 2.67 bits per heavy atom. The van der Waals surface area contributed by atoms with Crippen molar-refractivity contribution in [1.82, 2.24) is 15.1 Å². The van der Waals surface area contributed by atoms with Gasteiger partial charge in [-0.15, -0.1) is 0 Å². The largest absolute Gasteiger partial charge is 0.306 e. The third-order valence-corrected chi connectivity index (χ3v) is 4.16. The summed E-state index contributed by atoms with van der Waals surface area (Å²) in [6.07, 6.45) is 2.52. The number of nitrogens with one attached hydrogen (secondary N) is 1. The molecule has 1 N–H and O–H groups in total. The molecule has 21 heavy (non-hydrogen) atoms. The molecular weight excluding hydrogens is 340 g/mol. The number of benzene rings is 1. The van der Waals surface area contributed by atoms with Crippen molar-refractivity contribution in [2.45, 2.75) is 26.3 Å². The van der Waals surface area contributed by atoms with E-state index in [1.165, 1.54) is 12.1 Å². The molecule has 0 aliphatic carbocycles. The van der Waals surface area contributed by atoms with Crippen molar-refractivity contribution in [2.24, 2.45) is 7.05 Å². The van der Waals surface area contributed by atoms with Gasteiger partial charge in [0.1, 0.15) is 11.6 Å². The van der Waals surface area contributed by atoms with E-state index < -0.39 is 17.7 Å². The Morgan fingerprint density at radius 2 is 2.10 bits per heavy atom. The first-order valence-corrected chi connectivity index (χ1v) is 7.62. The van der Waals surface area contributed by atoms with Gasteiger partial charge >= 0.3 is 0 Å². The van der Waals surface area contributed by atoms with Crippen molar-refractivity contribution in [3.05, 3.63) is 51.3 Å². The Morgan fingerprint density at radius 1 is 1.38 bits per heavy atom. The van der Waals surface area contributed by atoms with Crippen molar-refractivity contribution < 1.29 is 8.78 Å². The molecule has 0 saturated heterocycles. The van der Waals surface area contributed by atoms with Crippen molar-refractivity contribution >= 4 is 15.9 Å². The van der Waals surface area contributed by atoms with Gasteiger partial charge in [-0.05, 0) is 48.0 Å². The van der Waals surface area contributed by atoms with Crippen LogP contribution in [0.5, 0.6) is 0 Å². The van der Waals surface area contributed by atoms with E-state index >= 15 is 0 Å². The zero-order valence-corrected chi connectivity index (χ0v) is 13.8. The molecule has 0 saturated carbocycles. The van der Waals surface area contributed by atoms with E-state index in [1.54, 1.807) is 10.9 Å². The zero-order chi connectivity index (χ0) is 15.6. The number of halogens is 3. The number of rotatable bonds is 5. The van der Waals surface area contributed by atoms with E-state index in [-0.39, 0.29) is 10.0 Å². The van der Waals surface area contributed by atoms with E-state index in [0.717, 1.165) is 17.7 Å². The van der Waals surface area contributed by atoms with E-state index in [2.05, 4.69) is 26.3 Å². The minimum absolute atomic E-state index is 0.0222. The molecule has 0 aliphatic rings. The number of nitrogens with zero attached hydrogens (tertiary/aromatic N) is 2. The lowest BCUT2D eigenvalue weighted by Gasteiger charge is -2.20. The number of hydrogen-bond acceptors (Lipinski definition) is 2. The minimum atomic E-state index is -0.577. The highest BCUT2D eigenvalue weighted by Crippen LogP contribution is 2.32. The molecule has 6 heteroatoms. The van der Waals surface area contributed by atoms with Crippen LogP contribution in [-0.2, 0) is 7.05 Å². The second kappa shape index (κ2) is 6.66.